The van der Waals surface area contributed by atoms with E-state index in [1.807, 2.05) is 18.2 Å². The Bertz CT molecular complexity index is 1440. The van der Waals surface area contributed by atoms with Gasteiger partial charge in [-0.15, -0.1) is 10.2 Å². The normalized spacial score (nSPS) is 13.6. The number of aromatic nitrogens is 4. The van der Waals surface area contributed by atoms with Crippen molar-refractivity contribution in [1.82, 2.24) is 19.7 Å². The van der Waals surface area contributed by atoms with Gasteiger partial charge in [0.25, 0.3) is 5.91 Å². The summed E-state index contributed by atoms with van der Waals surface area (Å²) < 4.78 is 25.0. The van der Waals surface area contributed by atoms with Crippen molar-refractivity contribution >= 4 is 21.6 Å². The zero-order valence-electron chi connectivity index (χ0n) is 17.4. The molecule has 0 saturated heterocycles. The summed E-state index contributed by atoms with van der Waals surface area (Å²) in [5.41, 5.74) is 3.18. The summed E-state index contributed by atoms with van der Waals surface area (Å²) in [6.07, 6.45) is 5.51. The summed E-state index contributed by atoms with van der Waals surface area (Å²) in [5.74, 6) is 0.412. The highest BCUT2D eigenvalue weighted by Gasteiger charge is 2.26. The molecule has 4 aromatic rings. The second kappa shape index (κ2) is 8.23. The molecule has 0 unspecified atom stereocenters. The monoisotopic (exact) mass is 460 g/mol. The van der Waals surface area contributed by atoms with Crippen LogP contribution in [0.25, 0.3) is 22.5 Å². The maximum atomic E-state index is 12.9. The van der Waals surface area contributed by atoms with Gasteiger partial charge in [-0.25, -0.2) is 13.6 Å². The third-order valence-electron chi connectivity index (χ3n) is 5.40. The number of amides is 1. The first-order valence-corrected chi connectivity index (χ1v) is 11.8. The van der Waals surface area contributed by atoms with Crippen LogP contribution in [-0.4, -0.2) is 34.1 Å². The molecule has 2 heterocycles. The van der Waals surface area contributed by atoms with Gasteiger partial charge in [-0.2, -0.15) is 0 Å². The number of carbonyl (C=O) groups is 1. The van der Waals surface area contributed by atoms with E-state index in [4.69, 9.17) is 5.14 Å². The molecule has 0 atom stereocenters. The Morgan fingerprint density at radius 1 is 1.00 bits per heavy atom. The summed E-state index contributed by atoms with van der Waals surface area (Å²) in [5, 5.41) is 16.3. The number of nitrogens with two attached hydrogens (primary N) is 1. The van der Waals surface area contributed by atoms with Crippen molar-refractivity contribution in [3.63, 3.8) is 0 Å². The first-order valence-electron chi connectivity index (χ1n) is 10.3. The van der Waals surface area contributed by atoms with Crippen LogP contribution in [0.15, 0.2) is 78.1 Å². The first kappa shape index (κ1) is 21.0. The van der Waals surface area contributed by atoms with Gasteiger partial charge in [0.15, 0.2) is 5.82 Å². The summed E-state index contributed by atoms with van der Waals surface area (Å²) in [6.45, 7) is 0. The number of hydrogen-bond donors (Lipinski definition) is 2. The molecule has 3 N–H and O–H groups in total. The van der Waals surface area contributed by atoms with Crippen molar-refractivity contribution in [1.29, 1.82) is 0 Å². The average molecular weight is 461 g/mol. The molecule has 9 nitrogen and oxygen atoms in total. The van der Waals surface area contributed by atoms with E-state index < -0.39 is 10.0 Å². The van der Waals surface area contributed by atoms with Crippen LogP contribution in [0.3, 0.4) is 0 Å². The highest BCUT2D eigenvalue weighted by atomic mass is 32.2. The molecule has 2 aromatic heterocycles. The van der Waals surface area contributed by atoms with Crippen molar-refractivity contribution in [2.75, 3.05) is 5.32 Å². The van der Waals surface area contributed by atoms with Gasteiger partial charge in [-0.1, -0.05) is 24.3 Å². The van der Waals surface area contributed by atoms with E-state index in [0.717, 1.165) is 35.4 Å². The van der Waals surface area contributed by atoms with Gasteiger partial charge in [0.2, 0.25) is 10.0 Å². The maximum absolute atomic E-state index is 12.9. The van der Waals surface area contributed by atoms with Gasteiger partial charge in [-0.3, -0.25) is 9.78 Å². The Labute approximate surface area is 190 Å². The van der Waals surface area contributed by atoms with Crippen LogP contribution in [-0.2, 0) is 10.0 Å². The second-order valence-corrected chi connectivity index (χ2v) is 9.39. The fourth-order valence-electron chi connectivity index (χ4n) is 3.57. The number of primary sulfonamides is 1. The quantitative estimate of drug-likeness (QED) is 0.454. The Hall–Kier alpha value is -3.89. The number of nitrogens with zero attached hydrogens (tertiary/aromatic N) is 4. The molecule has 0 bridgehead atoms. The number of nitrogens with one attached hydrogen (secondary N) is 1. The van der Waals surface area contributed by atoms with E-state index in [1.165, 1.54) is 18.3 Å². The van der Waals surface area contributed by atoms with Crippen molar-refractivity contribution in [2.24, 2.45) is 5.14 Å². The minimum atomic E-state index is -3.77. The number of sulfonamides is 1. The molecule has 0 spiro atoms. The third kappa shape index (κ3) is 4.52. The molecule has 2 aromatic carbocycles. The molecular formula is C23H20N6O3S. The van der Waals surface area contributed by atoms with Gasteiger partial charge in [-0.05, 0) is 60.4 Å². The minimum absolute atomic E-state index is 0.0238. The van der Waals surface area contributed by atoms with Crippen LogP contribution in [0, 0.1) is 0 Å². The molecule has 0 radical (unpaired) electrons. The minimum Gasteiger partial charge on any atom is -0.321 e. The average Bonchev–Trinajstić information content (AvgIpc) is 3.55. The number of pyridine rings is 1. The molecule has 10 heteroatoms. The predicted molar refractivity (Wildman–Crippen MR) is 123 cm³/mol. The standard InChI is InChI=1S/C23H20N6O3S/c24-33(31,32)20-8-4-15(5-9-20)16-10-11-25-21(13-16)23(30)27-18-3-1-2-17(12-18)22-28-26-14-29(22)19-6-7-19/h1-5,8-14,19H,6-7H2,(H,27,30)(H2,24,31,32). The van der Waals surface area contributed by atoms with Crippen LogP contribution in [0.1, 0.15) is 29.4 Å². The number of benzene rings is 2. The van der Waals surface area contributed by atoms with Crippen molar-refractivity contribution < 1.29 is 13.2 Å². The summed E-state index contributed by atoms with van der Waals surface area (Å²) in [4.78, 5) is 17.1. The molecule has 1 amide bonds. The van der Waals surface area contributed by atoms with E-state index in [1.54, 1.807) is 36.7 Å². The number of anilines is 1. The third-order valence-corrected chi connectivity index (χ3v) is 6.33. The summed E-state index contributed by atoms with van der Waals surface area (Å²) in [7, 11) is -3.77. The maximum Gasteiger partial charge on any atom is 0.274 e. The fourth-order valence-corrected chi connectivity index (χ4v) is 4.09. The second-order valence-electron chi connectivity index (χ2n) is 7.83. The molecule has 1 aliphatic carbocycles. The van der Waals surface area contributed by atoms with Gasteiger partial charge < -0.3 is 9.88 Å². The lowest BCUT2D eigenvalue weighted by molar-refractivity contribution is 0.102. The summed E-state index contributed by atoms with van der Waals surface area (Å²) >= 11 is 0. The number of rotatable bonds is 6. The zero-order chi connectivity index (χ0) is 23.0. The van der Waals surface area contributed by atoms with Crippen LogP contribution in [0.4, 0.5) is 5.69 Å². The van der Waals surface area contributed by atoms with E-state index in [9.17, 15) is 13.2 Å². The van der Waals surface area contributed by atoms with Gasteiger partial charge >= 0.3 is 0 Å². The molecular weight excluding hydrogens is 440 g/mol. The Kier molecular flexibility index (Phi) is 5.23. The zero-order valence-corrected chi connectivity index (χ0v) is 18.2. The van der Waals surface area contributed by atoms with E-state index in [0.29, 0.717) is 11.7 Å². The number of hydrogen-bond acceptors (Lipinski definition) is 6. The lowest BCUT2D eigenvalue weighted by Gasteiger charge is -2.09. The highest BCUT2D eigenvalue weighted by Crippen LogP contribution is 2.37. The van der Waals surface area contributed by atoms with Crippen LogP contribution < -0.4 is 10.5 Å². The topological polar surface area (TPSA) is 133 Å². The SMILES string of the molecule is NS(=O)(=O)c1ccc(-c2ccnc(C(=O)Nc3cccc(-c4nncn4C4CC4)c3)c2)cc1. The lowest BCUT2D eigenvalue weighted by atomic mass is 10.1. The summed E-state index contributed by atoms with van der Waals surface area (Å²) in [6, 6.07) is 17.4. The molecule has 33 heavy (non-hydrogen) atoms. The molecule has 166 valence electrons. The van der Waals surface area contributed by atoms with E-state index in [-0.39, 0.29) is 16.5 Å². The highest BCUT2D eigenvalue weighted by molar-refractivity contribution is 7.89. The van der Waals surface area contributed by atoms with Crippen molar-refractivity contribution in [3.05, 3.63) is 78.9 Å². The smallest absolute Gasteiger partial charge is 0.274 e. The van der Waals surface area contributed by atoms with Crippen LogP contribution >= 0.6 is 0 Å². The van der Waals surface area contributed by atoms with Crippen molar-refractivity contribution in [3.8, 4) is 22.5 Å². The number of carbonyl (C=O) groups excluding carboxylic acids is 1. The van der Waals surface area contributed by atoms with Crippen LogP contribution in [0.5, 0.6) is 0 Å². The van der Waals surface area contributed by atoms with E-state index >= 15 is 0 Å². The molecule has 1 fully saturated rings. The first-order chi connectivity index (χ1) is 15.9. The molecule has 1 aliphatic rings. The Balaban J connectivity index is 1.36. The molecule has 1 saturated carbocycles. The fraction of sp³-hybridized carbons (Fsp3) is 0.130. The van der Waals surface area contributed by atoms with E-state index in [2.05, 4.69) is 25.1 Å². The van der Waals surface area contributed by atoms with Gasteiger partial charge in [0.05, 0.1) is 4.90 Å². The predicted octanol–water partition coefficient (Wildman–Crippen LogP) is 3.24. The molecule has 5 rings (SSSR count). The largest absolute Gasteiger partial charge is 0.321 e. The van der Waals surface area contributed by atoms with Crippen molar-refractivity contribution in [2.45, 2.75) is 23.8 Å². The molecule has 0 aliphatic heterocycles. The van der Waals surface area contributed by atoms with Crippen LogP contribution in [0.2, 0.25) is 0 Å². The Morgan fingerprint density at radius 3 is 2.52 bits per heavy atom. The van der Waals surface area contributed by atoms with Gasteiger partial charge in [0.1, 0.15) is 12.0 Å². The lowest BCUT2D eigenvalue weighted by Crippen LogP contribution is -2.13. The van der Waals surface area contributed by atoms with Gasteiger partial charge in [0, 0.05) is 23.5 Å². The Morgan fingerprint density at radius 2 is 1.79 bits per heavy atom.